The topological polar surface area (TPSA) is 89.8 Å². The quantitative estimate of drug-likeness (QED) is 0.553. The van der Waals surface area contributed by atoms with Crippen LogP contribution in [0.1, 0.15) is 42.7 Å². The fourth-order valence-electron chi connectivity index (χ4n) is 4.46. The van der Waals surface area contributed by atoms with Gasteiger partial charge in [0, 0.05) is 41.7 Å². The van der Waals surface area contributed by atoms with Gasteiger partial charge in [-0.2, -0.15) is 0 Å². The number of nitrogens with zero attached hydrogens (tertiary/aromatic N) is 2. The number of methoxy groups -OCH3 is 1. The zero-order valence-corrected chi connectivity index (χ0v) is 16.9. The van der Waals surface area contributed by atoms with E-state index in [1.165, 1.54) is 11.0 Å². The predicted molar refractivity (Wildman–Crippen MR) is 112 cm³/mol. The van der Waals surface area contributed by atoms with Crippen molar-refractivity contribution in [3.8, 4) is 5.75 Å². The van der Waals surface area contributed by atoms with Crippen molar-refractivity contribution < 1.29 is 19.2 Å². The first kappa shape index (κ1) is 19.8. The second kappa shape index (κ2) is 7.74. The van der Waals surface area contributed by atoms with E-state index in [1.54, 1.807) is 26.2 Å². The van der Waals surface area contributed by atoms with E-state index in [0.717, 1.165) is 11.1 Å². The molecule has 1 unspecified atom stereocenters. The Bertz CT molecular complexity index is 1090. The average Bonchev–Trinajstić information content (AvgIpc) is 2.73. The maximum absolute atomic E-state index is 13.3. The molecule has 2 aromatic rings. The summed E-state index contributed by atoms with van der Waals surface area (Å²) in [5.41, 5.74) is 2.75. The van der Waals surface area contributed by atoms with E-state index in [2.05, 4.69) is 0 Å². The van der Waals surface area contributed by atoms with Gasteiger partial charge in [-0.3, -0.25) is 24.6 Å². The minimum Gasteiger partial charge on any atom is -0.496 e. The van der Waals surface area contributed by atoms with Crippen molar-refractivity contribution in [3.63, 3.8) is 0 Å². The molecule has 0 spiro atoms. The number of rotatable bonds is 4. The Morgan fingerprint density at radius 3 is 2.63 bits per heavy atom. The highest BCUT2D eigenvalue weighted by atomic mass is 16.6. The molecule has 0 N–H and O–H groups in total. The number of para-hydroxylation sites is 1. The summed E-state index contributed by atoms with van der Waals surface area (Å²) in [6, 6.07) is 12.2. The van der Waals surface area contributed by atoms with E-state index >= 15 is 0 Å². The Hall–Kier alpha value is -3.48. The minimum atomic E-state index is -0.479. The summed E-state index contributed by atoms with van der Waals surface area (Å²) in [6.45, 7) is 1.77. The Morgan fingerprint density at radius 1 is 1.13 bits per heavy atom. The van der Waals surface area contributed by atoms with Gasteiger partial charge in [-0.15, -0.1) is 0 Å². The van der Waals surface area contributed by atoms with Crippen LogP contribution in [0.15, 0.2) is 53.7 Å². The second-order valence-corrected chi connectivity index (χ2v) is 7.61. The number of nitro groups is 1. The van der Waals surface area contributed by atoms with Crippen molar-refractivity contribution in [2.45, 2.75) is 38.5 Å². The van der Waals surface area contributed by atoms with Crippen molar-refractivity contribution in [2.75, 3.05) is 12.0 Å². The van der Waals surface area contributed by atoms with Gasteiger partial charge in [0.15, 0.2) is 5.78 Å². The van der Waals surface area contributed by atoms with Crippen molar-refractivity contribution in [2.24, 2.45) is 0 Å². The fraction of sp³-hybridized carbons (Fsp3) is 0.304. The first-order valence-corrected chi connectivity index (χ1v) is 9.89. The summed E-state index contributed by atoms with van der Waals surface area (Å²) in [5.74, 6) is -0.0711. The van der Waals surface area contributed by atoms with Crippen molar-refractivity contribution >= 4 is 23.1 Å². The highest BCUT2D eigenvalue weighted by Crippen LogP contribution is 2.46. The zero-order valence-electron chi connectivity index (χ0n) is 16.9. The second-order valence-electron chi connectivity index (χ2n) is 7.61. The lowest BCUT2D eigenvalue weighted by Crippen LogP contribution is -2.40. The molecule has 154 valence electrons. The minimum absolute atomic E-state index is 0.0144. The molecule has 2 aromatic carbocycles. The number of aryl methyl sites for hydroxylation is 1. The molecular weight excluding hydrogens is 384 g/mol. The van der Waals surface area contributed by atoms with E-state index in [9.17, 15) is 19.7 Å². The molecule has 0 aromatic heterocycles. The van der Waals surface area contributed by atoms with Gasteiger partial charge in [-0.1, -0.05) is 24.3 Å². The Balaban J connectivity index is 1.92. The number of amides is 1. The third-order valence-electron chi connectivity index (χ3n) is 5.76. The lowest BCUT2D eigenvalue weighted by molar-refractivity contribution is -0.384. The molecule has 0 saturated heterocycles. The number of nitro benzene ring substituents is 1. The van der Waals surface area contributed by atoms with Crippen LogP contribution in [0.5, 0.6) is 5.75 Å². The summed E-state index contributed by atoms with van der Waals surface area (Å²) in [6.07, 6.45) is 1.59. The Morgan fingerprint density at radius 2 is 1.90 bits per heavy atom. The normalized spacial score (nSPS) is 19.0. The number of benzene rings is 2. The maximum Gasteiger partial charge on any atom is 0.293 e. The molecule has 1 aliphatic heterocycles. The van der Waals surface area contributed by atoms with Gasteiger partial charge >= 0.3 is 0 Å². The lowest BCUT2D eigenvalue weighted by atomic mass is 9.76. The third-order valence-corrected chi connectivity index (χ3v) is 5.76. The molecule has 0 saturated carbocycles. The van der Waals surface area contributed by atoms with Crippen LogP contribution in [-0.2, 0) is 9.59 Å². The molecule has 1 aliphatic carbocycles. The fourth-order valence-corrected chi connectivity index (χ4v) is 4.46. The number of ketones is 1. The summed E-state index contributed by atoms with van der Waals surface area (Å²) >= 11 is 0. The number of carbonyl (C=O) groups excluding carboxylic acids is 2. The van der Waals surface area contributed by atoms with Gasteiger partial charge in [0.05, 0.1) is 12.0 Å². The van der Waals surface area contributed by atoms with Crippen molar-refractivity contribution in [1.29, 1.82) is 0 Å². The highest BCUT2D eigenvalue weighted by Gasteiger charge is 2.42. The first-order valence-electron chi connectivity index (χ1n) is 9.89. The molecular formula is C23H22N2O5. The number of hydrogen-bond donors (Lipinski definition) is 0. The van der Waals surface area contributed by atoms with E-state index < -0.39 is 10.8 Å². The van der Waals surface area contributed by atoms with Crippen LogP contribution in [-0.4, -0.2) is 23.7 Å². The predicted octanol–water partition coefficient (Wildman–Crippen LogP) is 4.44. The first-order chi connectivity index (χ1) is 14.4. The van der Waals surface area contributed by atoms with Crippen LogP contribution in [0, 0.1) is 17.0 Å². The molecule has 4 rings (SSSR count). The van der Waals surface area contributed by atoms with Crippen LogP contribution < -0.4 is 9.64 Å². The molecule has 0 bridgehead atoms. The average molecular weight is 406 g/mol. The smallest absolute Gasteiger partial charge is 0.293 e. The highest BCUT2D eigenvalue weighted by molar-refractivity contribution is 6.08. The van der Waals surface area contributed by atoms with Gasteiger partial charge in [-0.25, -0.2) is 0 Å². The monoisotopic (exact) mass is 406 g/mol. The number of hydrogen-bond acceptors (Lipinski definition) is 5. The number of anilines is 1. The summed E-state index contributed by atoms with van der Waals surface area (Å²) in [7, 11) is 1.56. The Labute approximate surface area is 174 Å². The summed E-state index contributed by atoms with van der Waals surface area (Å²) in [4.78, 5) is 38.9. The molecule has 1 heterocycles. The lowest BCUT2D eigenvalue weighted by Gasteiger charge is -2.38. The van der Waals surface area contributed by atoms with Gasteiger partial charge < -0.3 is 4.74 Å². The zero-order chi connectivity index (χ0) is 21.4. The van der Waals surface area contributed by atoms with E-state index in [1.807, 2.05) is 24.3 Å². The number of Topliss-reactive ketones (excluding diaryl/α,β-unsaturated/α-hetero) is 1. The van der Waals surface area contributed by atoms with Crippen LogP contribution >= 0.6 is 0 Å². The molecule has 1 atom stereocenters. The van der Waals surface area contributed by atoms with E-state index in [-0.39, 0.29) is 29.5 Å². The number of allylic oxidation sites excluding steroid dienone is 2. The number of carbonyl (C=O) groups is 2. The van der Waals surface area contributed by atoms with Gasteiger partial charge in [0.2, 0.25) is 5.91 Å². The molecule has 1 amide bonds. The SMILES string of the molecule is COc1ccccc1C1CC(=O)N(c2ccc(C)cc2[N+](=O)[O-])C2=C1C(=O)CCC2. The molecule has 7 heteroatoms. The molecule has 7 nitrogen and oxygen atoms in total. The summed E-state index contributed by atoms with van der Waals surface area (Å²) in [5, 5.41) is 11.7. The largest absolute Gasteiger partial charge is 0.496 e. The van der Waals surface area contributed by atoms with Crippen molar-refractivity contribution in [1.82, 2.24) is 0 Å². The van der Waals surface area contributed by atoms with Gasteiger partial charge in [0.25, 0.3) is 5.69 Å². The van der Waals surface area contributed by atoms with Gasteiger partial charge in [0.1, 0.15) is 11.4 Å². The maximum atomic E-state index is 13.3. The van der Waals surface area contributed by atoms with E-state index in [4.69, 9.17) is 4.74 Å². The number of ether oxygens (including phenoxy) is 1. The van der Waals surface area contributed by atoms with Crippen LogP contribution in [0.3, 0.4) is 0 Å². The molecule has 2 aliphatic rings. The third kappa shape index (κ3) is 3.26. The molecule has 30 heavy (non-hydrogen) atoms. The van der Waals surface area contributed by atoms with Crippen LogP contribution in [0.25, 0.3) is 0 Å². The van der Waals surface area contributed by atoms with Crippen LogP contribution in [0.4, 0.5) is 11.4 Å². The molecule has 0 radical (unpaired) electrons. The Kier molecular flexibility index (Phi) is 5.11. The standard InChI is InChI=1S/C23H22N2O5/c1-14-10-11-17(19(12-14)25(28)29)24-18-7-5-8-20(26)23(18)16(13-22(24)27)15-6-3-4-9-21(15)30-2/h3-4,6,9-12,16H,5,7-8,13H2,1-2H3. The van der Waals surface area contributed by atoms with Crippen LogP contribution in [0.2, 0.25) is 0 Å². The molecule has 0 fully saturated rings. The summed E-state index contributed by atoms with van der Waals surface area (Å²) < 4.78 is 5.48. The van der Waals surface area contributed by atoms with Gasteiger partial charge in [-0.05, 0) is 37.5 Å². The van der Waals surface area contributed by atoms with E-state index in [0.29, 0.717) is 36.3 Å². The van der Waals surface area contributed by atoms with Crippen molar-refractivity contribution in [3.05, 3.63) is 75.0 Å².